The molecule has 0 fully saturated rings. The summed E-state index contributed by atoms with van der Waals surface area (Å²) in [5.74, 6) is 1.46. The molecule has 0 bridgehead atoms. The van der Waals surface area contributed by atoms with Crippen molar-refractivity contribution < 1.29 is 19.0 Å². The Kier molecular flexibility index (Phi) is 7.33. The molecule has 5 nitrogen and oxygen atoms in total. The van der Waals surface area contributed by atoms with Gasteiger partial charge in [-0.05, 0) is 48.4 Å². The van der Waals surface area contributed by atoms with Crippen LogP contribution in [0.25, 0.3) is 6.08 Å². The monoisotopic (exact) mass is 417 g/mol. The summed E-state index contributed by atoms with van der Waals surface area (Å²) >= 11 is 0. The second kappa shape index (κ2) is 10.3. The fourth-order valence-electron chi connectivity index (χ4n) is 3.24. The summed E-state index contributed by atoms with van der Waals surface area (Å²) in [5.41, 5.74) is 3.81. The third-order valence-corrected chi connectivity index (χ3v) is 4.90. The van der Waals surface area contributed by atoms with Crippen LogP contribution < -0.4 is 19.1 Å². The molecule has 1 amide bonds. The summed E-state index contributed by atoms with van der Waals surface area (Å²) in [6, 6.07) is 21.5. The summed E-state index contributed by atoms with van der Waals surface area (Å²) in [5, 5.41) is 0. The summed E-state index contributed by atoms with van der Waals surface area (Å²) in [6.45, 7) is 2.50. The molecule has 0 aliphatic carbocycles. The van der Waals surface area contributed by atoms with Crippen molar-refractivity contribution in [2.45, 2.75) is 13.5 Å². The third-order valence-electron chi connectivity index (χ3n) is 4.90. The van der Waals surface area contributed by atoms with E-state index in [1.165, 1.54) is 0 Å². The van der Waals surface area contributed by atoms with Gasteiger partial charge in [0.25, 0.3) is 5.91 Å². The van der Waals surface area contributed by atoms with Crippen LogP contribution in [0.3, 0.4) is 0 Å². The zero-order valence-corrected chi connectivity index (χ0v) is 18.3. The number of ether oxygens (including phenoxy) is 3. The van der Waals surface area contributed by atoms with E-state index < -0.39 is 0 Å². The van der Waals surface area contributed by atoms with Crippen LogP contribution in [0.15, 0.2) is 72.8 Å². The van der Waals surface area contributed by atoms with Crippen LogP contribution in [0, 0.1) is 6.92 Å². The number of nitrogens with zero attached hydrogens (tertiary/aromatic N) is 1. The minimum Gasteiger partial charge on any atom is -0.493 e. The summed E-state index contributed by atoms with van der Waals surface area (Å²) < 4.78 is 16.2. The van der Waals surface area contributed by atoms with Crippen LogP contribution in [0.2, 0.25) is 0 Å². The van der Waals surface area contributed by atoms with Gasteiger partial charge in [-0.25, -0.2) is 0 Å². The molecule has 0 saturated heterocycles. The maximum atomic E-state index is 13.2. The van der Waals surface area contributed by atoms with Crippen molar-refractivity contribution in [3.05, 3.63) is 89.5 Å². The molecule has 0 atom stereocenters. The zero-order chi connectivity index (χ0) is 22.2. The van der Waals surface area contributed by atoms with E-state index in [2.05, 4.69) is 0 Å². The largest absolute Gasteiger partial charge is 0.493 e. The van der Waals surface area contributed by atoms with Gasteiger partial charge in [-0.2, -0.15) is 0 Å². The Hall–Kier alpha value is -3.73. The van der Waals surface area contributed by atoms with Crippen molar-refractivity contribution in [1.29, 1.82) is 0 Å². The number of anilines is 1. The molecule has 0 N–H and O–H groups in total. The molecule has 3 aromatic rings. The minimum atomic E-state index is -0.124. The lowest BCUT2D eigenvalue weighted by Crippen LogP contribution is -2.28. The number of carbonyl (C=O) groups excluding carboxylic acids is 1. The SMILES string of the molecule is COc1cc(/C=C/C(=O)N(Cc2ccccc2)c2ccc(C)cc2)cc(OC)c1OC. The molecule has 5 heteroatoms. The highest BCUT2D eigenvalue weighted by Gasteiger charge is 2.15. The van der Waals surface area contributed by atoms with Crippen molar-refractivity contribution in [2.75, 3.05) is 26.2 Å². The first kappa shape index (κ1) is 22.0. The number of methoxy groups -OCH3 is 3. The highest BCUT2D eigenvalue weighted by molar-refractivity contribution is 6.03. The summed E-state index contributed by atoms with van der Waals surface area (Å²) in [7, 11) is 4.69. The Bertz CT molecular complexity index is 1020. The van der Waals surface area contributed by atoms with Crippen LogP contribution >= 0.6 is 0 Å². The Morgan fingerprint density at radius 2 is 1.48 bits per heavy atom. The van der Waals surface area contributed by atoms with Crippen molar-refractivity contribution in [1.82, 2.24) is 0 Å². The third kappa shape index (κ3) is 5.45. The Morgan fingerprint density at radius 1 is 0.871 bits per heavy atom. The number of hydrogen-bond donors (Lipinski definition) is 0. The average Bonchev–Trinajstić information content (AvgIpc) is 2.81. The van der Waals surface area contributed by atoms with Crippen LogP contribution in [-0.4, -0.2) is 27.2 Å². The summed E-state index contributed by atoms with van der Waals surface area (Å²) in [4.78, 5) is 14.9. The van der Waals surface area contributed by atoms with E-state index in [0.717, 1.165) is 22.4 Å². The molecule has 0 aliphatic rings. The molecule has 0 aromatic heterocycles. The van der Waals surface area contributed by atoms with Gasteiger partial charge in [0.05, 0.1) is 27.9 Å². The minimum absolute atomic E-state index is 0.124. The van der Waals surface area contributed by atoms with E-state index in [4.69, 9.17) is 14.2 Å². The first-order chi connectivity index (χ1) is 15.0. The molecular formula is C26H27NO4. The van der Waals surface area contributed by atoms with Crippen molar-refractivity contribution >= 4 is 17.7 Å². The summed E-state index contributed by atoms with van der Waals surface area (Å²) in [6.07, 6.45) is 3.31. The molecule has 3 rings (SSSR count). The van der Waals surface area contributed by atoms with E-state index in [-0.39, 0.29) is 5.91 Å². The van der Waals surface area contributed by atoms with Gasteiger partial charge in [-0.1, -0.05) is 48.0 Å². The van der Waals surface area contributed by atoms with Gasteiger partial charge in [0.15, 0.2) is 11.5 Å². The van der Waals surface area contributed by atoms with E-state index >= 15 is 0 Å². The Balaban J connectivity index is 1.91. The van der Waals surface area contributed by atoms with Gasteiger partial charge < -0.3 is 19.1 Å². The lowest BCUT2D eigenvalue weighted by atomic mass is 10.1. The topological polar surface area (TPSA) is 48.0 Å². The van der Waals surface area contributed by atoms with E-state index in [1.807, 2.05) is 61.5 Å². The molecular weight excluding hydrogens is 390 g/mol. The van der Waals surface area contributed by atoms with Crippen molar-refractivity contribution in [2.24, 2.45) is 0 Å². The molecule has 0 saturated carbocycles. The number of aryl methyl sites for hydroxylation is 1. The van der Waals surface area contributed by atoms with Crippen LogP contribution in [0.4, 0.5) is 5.69 Å². The smallest absolute Gasteiger partial charge is 0.251 e. The number of rotatable bonds is 8. The van der Waals surface area contributed by atoms with Gasteiger partial charge in [-0.15, -0.1) is 0 Å². The van der Waals surface area contributed by atoms with Crippen LogP contribution in [0.1, 0.15) is 16.7 Å². The molecule has 0 aliphatic heterocycles. The highest BCUT2D eigenvalue weighted by atomic mass is 16.5. The number of carbonyl (C=O) groups is 1. The highest BCUT2D eigenvalue weighted by Crippen LogP contribution is 2.38. The predicted octanol–water partition coefficient (Wildman–Crippen LogP) is 5.27. The normalized spacial score (nSPS) is 10.7. The lowest BCUT2D eigenvalue weighted by Gasteiger charge is -2.22. The molecule has 0 spiro atoms. The zero-order valence-electron chi connectivity index (χ0n) is 18.3. The molecule has 0 unspecified atom stereocenters. The maximum Gasteiger partial charge on any atom is 0.251 e. The molecule has 160 valence electrons. The average molecular weight is 418 g/mol. The fourth-order valence-corrected chi connectivity index (χ4v) is 3.24. The lowest BCUT2D eigenvalue weighted by molar-refractivity contribution is -0.114. The molecule has 0 heterocycles. The quantitative estimate of drug-likeness (QED) is 0.469. The van der Waals surface area contributed by atoms with Gasteiger partial charge >= 0.3 is 0 Å². The van der Waals surface area contributed by atoms with Gasteiger partial charge in [0.1, 0.15) is 0 Å². The maximum absolute atomic E-state index is 13.2. The van der Waals surface area contributed by atoms with E-state index in [0.29, 0.717) is 23.8 Å². The first-order valence-corrected chi connectivity index (χ1v) is 9.96. The van der Waals surface area contributed by atoms with E-state index in [1.54, 1.807) is 50.5 Å². The second-order valence-corrected chi connectivity index (χ2v) is 7.04. The molecule has 31 heavy (non-hydrogen) atoms. The Labute approximate surface area is 183 Å². The molecule has 0 radical (unpaired) electrons. The van der Waals surface area contributed by atoms with E-state index in [9.17, 15) is 4.79 Å². The van der Waals surface area contributed by atoms with Crippen LogP contribution in [-0.2, 0) is 11.3 Å². The van der Waals surface area contributed by atoms with Gasteiger partial charge in [0.2, 0.25) is 5.75 Å². The fraction of sp³-hybridized carbons (Fsp3) is 0.192. The standard InChI is InChI=1S/C26H27NO4/c1-19-10-13-22(14-11-19)27(18-20-8-6-5-7-9-20)25(28)15-12-21-16-23(29-2)26(31-4)24(17-21)30-3/h5-17H,18H2,1-4H3/b15-12+. The number of amides is 1. The van der Waals surface area contributed by atoms with Gasteiger partial charge in [-0.3, -0.25) is 4.79 Å². The van der Waals surface area contributed by atoms with Gasteiger partial charge in [0, 0.05) is 11.8 Å². The Morgan fingerprint density at radius 3 is 2.03 bits per heavy atom. The molecule has 3 aromatic carbocycles. The van der Waals surface area contributed by atoms with Crippen molar-refractivity contribution in [3.8, 4) is 17.2 Å². The number of hydrogen-bond acceptors (Lipinski definition) is 4. The van der Waals surface area contributed by atoms with Crippen LogP contribution in [0.5, 0.6) is 17.2 Å². The predicted molar refractivity (Wildman–Crippen MR) is 124 cm³/mol. The second-order valence-electron chi connectivity index (χ2n) is 7.04. The number of benzene rings is 3. The first-order valence-electron chi connectivity index (χ1n) is 9.96. The van der Waals surface area contributed by atoms with Crippen molar-refractivity contribution in [3.63, 3.8) is 0 Å².